The van der Waals surface area contributed by atoms with Crippen LogP contribution in [0.25, 0.3) is 105 Å². The first-order valence-electron chi connectivity index (χ1n) is 23.4. The van der Waals surface area contributed by atoms with Gasteiger partial charge in [-0.3, -0.25) is 0 Å². The Morgan fingerprint density at radius 2 is 1.29 bits per heavy atom. The van der Waals surface area contributed by atoms with E-state index in [1.807, 2.05) is 54.6 Å². The minimum atomic E-state index is -0.734. The lowest BCUT2D eigenvalue weighted by Gasteiger charge is -2.35. The molecule has 0 aliphatic heterocycles. The third-order valence-electron chi connectivity index (χ3n) is 14.6. The number of aromatic nitrogens is 2. The van der Waals surface area contributed by atoms with Crippen molar-refractivity contribution < 1.29 is 8.83 Å². The van der Waals surface area contributed by atoms with Gasteiger partial charge in [0.1, 0.15) is 28.6 Å². The zero-order valence-corrected chi connectivity index (χ0v) is 37.2. The topological polar surface area (TPSA) is 83.7 Å². The average Bonchev–Trinajstić information content (AvgIpc) is 4.10. The smallest absolute Gasteiger partial charge is 0.145 e. The molecule has 4 aromatic heterocycles. The Bertz CT molecular complexity index is 4310. The molecule has 3 aliphatic carbocycles. The van der Waals surface area contributed by atoms with Gasteiger partial charge < -0.3 is 18.0 Å². The molecule has 322 valence electrons. The minimum Gasteiger partial charge on any atom is -0.456 e. The van der Waals surface area contributed by atoms with Gasteiger partial charge in [0.05, 0.1) is 45.7 Å². The molecular weight excluding hydrogens is 845 g/mol. The van der Waals surface area contributed by atoms with Crippen LogP contribution in [-0.4, -0.2) is 9.13 Å². The highest BCUT2D eigenvalue weighted by Crippen LogP contribution is 2.53. The molecule has 7 aromatic carbocycles. The highest BCUT2D eigenvalue weighted by atomic mass is 16.3. The number of rotatable bonds is 5. The first-order chi connectivity index (χ1) is 34.2. The first kappa shape index (κ1) is 38.9. The SMILES string of the molecule is N#CC1=CC(C#N)C(n2c3ccc(-c4ccccc4)cc3c3c4oc5ccccc5c4ccc32)C(C2=CC=CC#CC2)=C1n1c2c(c3cc(-c4ccccc4)ccc31)-c1oc3ccccc3c1CC2. The van der Waals surface area contributed by atoms with Crippen molar-refractivity contribution in [2.45, 2.75) is 25.3 Å². The number of allylic oxidation sites excluding steroid dienone is 8. The van der Waals surface area contributed by atoms with Gasteiger partial charge in [0.25, 0.3) is 0 Å². The molecule has 0 saturated carbocycles. The summed E-state index contributed by atoms with van der Waals surface area (Å²) in [5.74, 6) is 6.76. The van der Waals surface area contributed by atoms with Gasteiger partial charge in [-0.15, -0.1) is 0 Å². The fourth-order valence-electron chi connectivity index (χ4n) is 11.7. The van der Waals surface area contributed by atoms with E-state index in [2.05, 4.69) is 161 Å². The van der Waals surface area contributed by atoms with Gasteiger partial charge in [-0.1, -0.05) is 133 Å². The molecule has 0 bridgehead atoms. The number of nitrogens with zero attached hydrogens (tertiary/aromatic N) is 4. The summed E-state index contributed by atoms with van der Waals surface area (Å²) in [4.78, 5) is 0. The zero-order valence-electron chi connectivity index (χ0n) is 37.2. The third-order valence-corrected chi connectivity index (χ3v) is 14.6. The number of fused-ring (bicyclic) bond motifs is 14. The van der Waals surface area contributed by atoms with Crippen LogP contribution in [-0.2, 0) is 12.8 Å². The molecule has 0 N–H and O–H groups in total. The molecule has 0 radical (unpaired) electrons. The molecule has 6 nitrogen and oxygen atoms in total. The van der Waals surface area contributed by atoms with E-state index < -0.39 is 12.0 Å². The lowest BCUT2D eigenvalue weighted by atomic mass is 9.79. The first-order valence-corrected chi connectivity index (χ1v) is 23.4. The highest BCUT2D eigenvalue weighted by Gasteiger charge is 2.40. The second kappa shape index (κ2) is 15.1. The second-order valence-corrected chi connectivity index (χ2v) is 18.2. The summed E-state index contributed by atoms with van der Waals surface area (Å²) in [6.07, 6.45) is 9.79. The average molecular weight is 883 g/mol. The Kier molecular flexibility index (Phi) is 8.54. The monoisotopic (exact) mass is 882 g/mol. The van der Waals surface area contributed by atoms with Crippen LogP contribution in [0.3, 0.4) is 0 Å². The van der Waals surface area contributed by atoms with E-state index in [1.54, 1.807) is 0 Å². The van der Waals surface area contributed by atoms with Crippen molar-refractivity contribution >= 4 is 71.3 Å². The van der Waals surface area contributed by atoms with E-state index in [0.29, 0.717) is 18.4 Å². The Labute approximate surface area is 396 Å². The van der Waals surface area contributed by atoms with E-state index >= 15 is 0 Å². The number of aryl methyl sites for hydroxylation is 1. The van der Waals surface area contributed by atoms with Crippen LogP contribution in [0.2, 0.25) is 0 Å². The predicted octanol–water partition coefficient (Wildman–Crippen LogP) is 15.4. The van der Waals surface area contributed by atoms with Crippen LogP contribution in [0, 0.1) is 40.4 Å². The summed E-state index contributed by atoms with van der Waals surface area (Å²) in [5, 5.41) is 29.2. The maximum atomic E-state index is 11.5. The number of benzene rings is 7. The van der Waals surface area contributed by atoms with Crippen LogP contribution < -0.4 is 0 Å². The van der Waals surface area contributed by atoms with Crippen molar-refractivity contribution in [3.8, 4) is 57.6 Å². The fourth-order valence-corrected chi connectivity index (χ4v) is 11.7. The van der Waals surface area contributed by atoms with Crippen LogP contribution in [0.4, 0.5) is 0 Å². The van der Waals surface area contributed by atoms with E-state index in [0.717, 1.165) is 128 Å². The lowest BCUT2D eigenvalue weighted by molar-refractivity contribution is 0.531. The molecule has 2 atom stereocenters. The second-order valence-electron chi connectivity index (χ2n) is 18.2. The number of nitriles is 2. The van der Waals surface area contributed by atoms with Gasteiger partial charge in [0, 0.05) is 61.3 Å². The van der Waals surface area contributed by atoms with Gasteiger partial charge in [-0.2, -0.15) is 10.5 Å². The van der Waals surface area contributed by atoms with E-state index in [9.17, 15) is 10.5 Å². The molecule has 6 heteroatoms. The van der Waals surface area contributed by atoms with Crippen LogP contribution >= 0.6 is 0 Å². The summed E-state index contributed by atoms with van der Waals surface area (Å²) in [6.45, 7) is 0. The summed E-state index contributed by atoms with van der Waals surface area (Å²) in [6, 6.07) is 59.9. The number of hydrogen-bond acceptors (Lipinski definition) is 4. The summed E-state index contributed by atoms with van der Waals surface area (Å²) in [5.41, 5.74) is 16.1. The highest BCUT2D eigenvalue weighted by molar-refractivity contribution is 6.24. The van der Waals surface area contributed by atoms with Crippen molar-refractivity contribution in [1.82, 2.24) is 9.13 Å². The van der Waals surface area contributed by atoms with E-state index in [1.165, 1.54) is 5.56 Å². The molecule has 0 fully saturated rings. The Balaban J connectivity index is 1.12. The van der Waals surface area contributed by atoms with Crippen LogP contribution in [0.1, 0.15) is 23.7 Å². The molecule has 2 unspecified atom stereocenters. The largest absolute Gasteiger partial charge is 0.456 e. The number of hydrogen-bond donors (Lipinski definition) is 0. The van der Waals surface area contributed by atoms with Gasteiger partial charge in [-0.05, 0) is 101 Å². The molecule has 0 spiro atoms. The van der Waals surface area contributed by atoms with Gasteiger partial charge in [-0.25, -0.2) is 0 Å². The molecule has 11 aromatic rings. The molecule has 14 rings (SSSR count). The maximum Gasteiger partial charge on any atom is 0.145 e. The third kappa shape index (κ3) is 5.72. The van der Waals surface area contributed by atoms with Crippen molar-refractivity contribution in [3.63, 3.8) is 0 Å². The Morgan fingerprint density at radius 1 is 0.609 bits per heavy atom. The van der Waals surface area contributed by atoms with Crippen molar-refractivity contribution in [1.29, 1.82) is 10.5 Å². The summed E-state index contributed by atoms with van der Waals surface area (Å²) in [7, 11) is 0. The van der Waals surface area contributed by atoms with Gasteiger partial charge in [0.15, 0.2) is 0 Å². The lowest BCUT2D eigenvalue weighted by Crippen LogP contribution is -2.27. The molecular formula is C63H38N4O2. The van der Waals surface area contributed by atoms with Crippen molar-refractivity contribution in [2.75, 3.05) is 0 Å². The Morgan fingerprint density at radius 3 is 2.04 bits per heavy atom. The summed E-state index contributed by atoms with van der Waals surface area (Å²) < 4.78 is 18.4. The standard InChI is InChI=1S/C63H38N4O2/c64-36-43-33-44(37-65)61(67-52-30-26-42(39-17-9-4-10-18-39)35-50(52)59-54(67)32-28-48-46-22-12-14-24-56(46)69-63(48)59)57(40-19-5-1-2-6-20-40)60(43)66-51-29-25-41(38-15-7-3-8-16-38)34-49(51)58-53(66)31-27-47-45-21-11-13-23-55(45)68-62(47)58/h1,3-5,7-19,21-27,29-31,33-35,43,60H,20,28,32H2. The van der Waals surface area contributed by atoms with E-state index in [4.69, 9.17) is 8.83 Å². The van der Waals surface area contributed by atoms with Crippen molar-refractivity contribution in [2.24, 2.45) is 5.92 Å². The fraction of sp³-hybridized carbons (Fsp3) is 0.0794. The molecule has 0 amide bonds. The Hall–Kier alpha value is -9.28. The predicted molar refractivity (Wildman–Crippen MR) is 277 cm³/mol. The zero-order chi connectivity index (χ0) is 45.7. The number of para-hydroxylation sites is 2. The number of furan rings is 2. The molecule has 0 saturated heterocycles. The van der Waals surface area contributed by atoms with Crippen LogP contribution in [0.15, 0.2) is 208 Å². The summed E-state index contributed by atoms with van der Waals surface area (Å²) >= 11 is 0. The van der Waals surface area contributed by atoms with Crippen LogP contribution in [0.5, 0.6) is 0 Å². The van der Waals surface area contributed by atoms with E-state index in [-0.39, 0.29) is 0 Å². The molecule has 3 aliphatic rings. The van der Waals surface area contributed by atoms with Gasteiger partial charge in [0.2, 0.25) is 0 Å². The minimum absolute atomic E-state index is 0.426. The van der Waals surface area contributed by atoms with Gasteiger partial charge >= 0.3 is 0 Å². The van der Waals surface area contributed by atoms with Crippen molar-refractivity contribution in [3.05, 3.63) is 210 Å². The molecule has 4 heterocycles. The normalized spacial score (nSPS) is 16.6. The molecule has 69 heavy (non-hydrogen) atoms. The maximum absolute atomic E-state index is 11.5. The quantitative estimate of drug-likeness (QED) is 0.161.